The van der Waals surface area contributed by atoms with Gasteiger partial charge in [-0.2, -0.15) is 0 Å². The van der Waals surface area contributed by atoms with Crippen molar-refractivity contribution in [2.24, 2.45) is 5.73 Å². The third kappa shape index (κ3) is 2.23. The highest BCUT2D eigenvalue weighted by Gasteiger charge is 2.19. The number of hydrogen-bond donors (Lipinski definition) is 1. The van der Waals surface area contributed by atoms with Crippen LogP contribution in [0.1, 0.15) is 25.0 Å². The summed E-state index contributed by atoms with van der Waals surface area (Å²) in [6.07, 6.45) is 0.838. The van der Waals surface area contributed by atoms with Gasteiger partial charge in [-0.25, -0.2) is 0 Å². The molecule has 1 aromatic carbocycles. The van der Waals surface area contributed by atoms with E-state index < -0.39 is 0 Å². The van der Waals surface area contributed by atoms with E-state index in [4.69, 9.17) is 15.2 Å². The summed E-state index contributed by atoms with van der Waals surface area (Å²) in [5.74, 6) is 1.71. The molecule has 0 fully saturated rings. The van der Waals surface area contributed by atoms with Crippen molar-refractivity contribution < 1.29 is 9.47 Å². The highest BCUT2D eigenvalue weighted by atomic mass is 16.7. The molecule has 2 N–H and O–H groups in total. The number of fused-ring (bicyclic) bond motifs is 1. The van der Waals surface area contributed by atoms with E-state index in [1.165, 1.54) is 5.56 Å². The fourth-order valence-electron chi connectivity index (χ4n) is 1.89. The van der Waals surface area contributed by atoms with E-state index in [1.807, 2.05) is 26.8 Å². The average molecular weight is 207 g/mol. The molecule has 3 heteroatoms. The zero-order valence-electron chi connectivity index (χ0n) is 9.46. The Balaban J connectivity index is 2.32. The predicted molar refractivity (Wildman–Crippen MR) is 59.3 cm³/mol. The third-order valence-electron chi connectivity index (χ3n) is 2.38. The van der Waals surface area contributed by atoms with Crippen LogP contribution < -0.4 is 15.2 Å². The minimum absolute atomic E-state index is 0.194. The van der Waals surface area contributed by atoms with Crippen LogP contribution in [0.5, 0.6) is 11.5 Å². The number of aryl methyl sites for hydroxylation is 1. The fraction of sp³-hybridized carbons (Fsp3) is 0.500. The van der Waals surface area contributed by atoms with E-state index in [0.717, 1.165) is 23.5 Å². The quantitative estimate of drug-likeness (QED) is 0.806. The van der Waals surface area contributed by atoms with Crippen molar-refractivity contribution in [2.45, 2.75) is 32.7 Å². The van der Waals surface area contributed by atoms with Gasteiger partial charge in [0.1, 0.15) is 0 Å². The first-order valence-corrected chi connectivity index (χ1v) is 5.14. The Kier molecular flexibility index (Phi) is 2.35. The Morgan fingerprint density at radius 3 is 2.73 bits per heavy atom. The molecule has 0 amide bonds. The largest absolute Gasteiger partial charge is 0.454 e. The van der Waals surface area contributed by atoms with E-state index in [2.05, 4.69) is 6.07 Å². The molecule has 1 aromatic rings. The van der Waals surface area contributed by atoms with Gasteiger partial charge in [-0.05, 0) is 44.4 Å². The number of ether oxygens (including phenoxy) is 2. The van der Waals surface area contributed by atoms with Crippen molar-refractivity contribution in [2.75, 3.05) is 6.79 Å². The van der Waals surface area contributed by atoms with E-state index in [9.17, 15) is 0 Å². The highest BCUT2D eigenvalue weighted by Crippen LogP contribution is 2.36. The van der Waals surface area contributed by atoms with Crippen LogP contribution in [0, 0.1) is 6.92 Å². The zero-order chi connectivity index (χ0) is 11.1. The molecule has 0 radical (unpaired) electrons. The predicted octanol–water partition coefficient (Wildman–Crippen LogP) is 2.00. The average Bonchev–Trinajstić information content (AvgIpc) is 2.48. The van der Waals surface area contributed by atoms with Crippen LogP contribution in [0.25, 0.3) is 0 Å². The fourth-order valence-corrected chi connectivity index (χ4v) is 1.89. The summed E-state index contributed by atoms with van der Waals surface area (Å²) in [6, 6.07) is 4.13. The first-order valence-electron chi connectivity index (χ1n) is 5.14. The van der Waals surface area contributed by atoms with Crippen LogP contribution in [0.15, 0.2) is 12.1 Å². The molecular formula is C12H17NO2. The number of rotatable bonds is 2. The summed E-state index contributed by atoms with van der Waals surface area (Å²) < 4.78 is 10.7. The van der Waals surface area contributed by atoms with E-state index >= 15 is 0 Å². The van der Waals surface area contributed by atoms with Gasteiger partial charge in [-0.3, -0.25) is 0 Å². The first-order chi connectivity index (χ1) is 6.96. The Morgan fingerprint density at radius 2 is 2.07 bits per heavy atom. The first kappa shape index (κ1) is 10.3. The molecule has 0 atom stereocenters. The standard InChI is InChI=1S/C12H17NO2/c1-8-4-9(6-12(2,3)13)5-10-11(8)15-7-14-10/h4-5H,6-7,13H2,1-3H3. The molecule has 1 heterocycles. The molecular weight excluding hydrogens is 190 g/mol. The van der Waals surface area contributed by atoms with Crippen molar-refractivity contribution in [3.05, 3.63) is 23.3 Å². The van der Waals surface area contributed by atoms with Crippen LogP contribution in [-0.4, -0.2) is 12.3 Å². The van der Waals surface area contributed by atoms with Gasteiger partial charge in [-0.15, -0.1) is 0 Å². The van der Waals surface area contributed by atoms with Crippen LogP contribution in [0.4, 0.5) is 0 Å². The summed E-state index contributed by atoms with van der Waals surface area (Å²) >= 11 is 0. The monoisotopic (exact) mass is 207 g/mol. The van der Waals surface area contributed by atoms with Gasteiger partial charge in [0, 0.05) is 5.54 Å². The molecule has 0 aliphatic carbocycles. The second-order valence-electron chi connectivity index (χ2n) is 4.81. The smallest absolute Gasteiger partial charge is 0.231 e. The van der Waals surface area contributed by atoms with Gasteiger partial charge in [0.15, 0.2) is 11.5 Å². The molecule has 0 saturated carbocycles. The molecule has 0 spiro atoms. The molecule has 0 unspecified atom stereocenters. The summed E-state index contributed by atoms with van der Waals surface area (Å²) in [5.41, 5.74) is 8.11. The number of benzene rings is 1. The molecule has 0 aromatic heterocycles. The van der Waals surface area contributed by atoms with Gasteiger partial charge in [-0.1, -0.05) is 6.07 Å². The second kappa shape index (κ2) is 3.42. The van der Waals surface area contributed by atoms with E-state index in [0.29, 0.717) is 6.79 Å². The summed E-state index contributed by atoms with van der Waals surface area (Å²) in [7, 11) is 0. The van der Waals surface area contributed by atoms with Crippen molar-refractivity contribution in [1.29, 1.82) is 0 Å². The maximum atomic E-state index is 5.99. The minimum atomic E-state index is -0.194. The maximum absolute atomic E-state index is 5.99. The Bertz CT molecular complexity index is 380. The summed E-state index contributed by atoms with van der Waals surface area (Å²) in [4.78, 5) is 0. The van der Waals surface area contributed by atoms with Crippen LogP contribution >= 0.6 is 0 Å². The maximum Gasteiger partial charge on any atom is 0.231 e. The van der Waals surface area contributed by atoms with E-state index in [-0.39, 0.29) is 5.54 Å². The topological polar surface area (TPSA) is 44.5 Å². The summed E-state index contributed by atoms with van der Waals surface area (Å²) in [6.45, 7) is 6.39. The molecule has 82 valence electrons. The molecule has 1 aliphatic rings. The van der Waals surface area contributed by atoms with Gasteiger partial charge < -0.3 is 15.2 Å². The molecule has 0 saturated heterocycles. The van der Waals surface area contributed by atoms with Gasteiger partial charge >= 0.3 is 0 Å². The van der Waals surface area contributed by atoms with Gasteiger partial charge in [0.05, 0.1) is 0 Å². The molecule has 0 bridgehead atoms. The van der Waals surface area contributed by atoms with Gasteiger partial charge in [0.25, 0.3) is 0 Å². The van der Waals surface area contributed by atoms with Crippen molar-refractivity contribution in [3.63, 3.8) is 0 Å². The lowest BCUT2D eigenvalue weighted by molar-refractivity contribution is 0.173. The van der Waals surface area contributed by atoms with Crippen molar-refractivity contribution in [3.8, 4) is 11.5 Å². The molecule has 3 nitrogen and oxygen atoms in total. The van der Waals surface area contributed by atoms with Crippen LogP contribution in [-0.2, 0) is 6.42 Å². The van der Waals surface area contributed by atoms with Gasteiger partial charge in [0.2, 0.25) is 6.79 Å². The Hall–Kier alpha value is -1.22. The van der Waals surface area contributed by atoms with Crippen molar-refractivity contribution >= 4 is 0 Å². The highest BCUT2D eigenvalue weighted by molar-refractivity contribution is 5.50. The lowest BCUT2D eigenvalue weighted by atomic mass is 9.95. The second-order valence-corrected chi connectivity index (χ2v) is 4.81. The molecule has 15 heavy (non-hydrogen) atoms. The Morgan fingerprint density at radius 1 is 1.33 bits per heavy atom. The molecule has 1 aliphatic heterocycles. The lowest BCUT2D eigenvalue weighted by Crippen LogP contribution is -2.34. The minimum Gasteiger partial charge on any atom is -0.454 e. The third-order valence-corrected chi connectivity index (χ3v) is 2.38. The van der Waals surface area contributed by atoms with Crippen LogP contribution in [0.2, 0.25) is 0 Å². The normalized spacial score (nSPS) is 14.4. The zero-order valence-corrected chi connectivity index (χ0v) is 9.46. The van der Waals surface area contributed by atoms with E-state index in [1.54, 1.807) is 0 Å². The van der Waals surface area contributed by atoms with Crippen molar-refractivity contribution in [1.82, 2.24) is 0 Å². The Labute approximate surface area is 90.2 Å². The SMILES string of the molecule is Cc1cc(CC(C)(C)N)cc2c1OCO2. The summed E-state index contributed by atoms with van der Waals surface area (Å²) in [5, 5.41) is 0. The number of hydrogen-bond acceptors (Lipinski definition) is 3. The molecule has 2 rings (SSSR count). The number of nitrogens with two attached hydrogens (primary N) is 1. The lowest BCUT2D eigenvalue weighted by Gasteiger charge is -2.18. The van der Waals surface area contributed by atoms with Crippen LogP contribution in [0.3, 0.4) is 0 Å².